The Morgan fingerprint density at radius 3 is 2.90 bits per heavy atom. The first-order valence-electron chi connectivity index (χ1n) is 7.37. The van der Waals surface area contributed by atoms with E-state index in [0.29, 0.717) is 12.4 Å². The molecule has 7 nitrogen and oxygen atoms in total. The molecule has 0 radical (unpaired) electrons. The van der Waals surface area contributed by atoms with Crippen molar-refractivity contribution in [2.24, 2.45) is 11.7 Å². The molecule has 116 valence electrons. The van der Waals surface area contributed by atoms with Gasteiger partial charge in [-0.05, 0) is 32.9 Å². The highest BCUT2D eigenvalue weighted by Crippen LogP contribution is 2.20. The third kappa shape index (κ3) is 3.60. The summed E-state index contributed by atoms with van der Waals surface area (Å²) in [5.74, 6) is -0.333. The van der Waals surface area contributed by atoms with Gasteiger partial charge in [0.05, 0.1) is 12.2 Å². The van der Waals surface area contributed by atoms with Gasteiger partial charge in [-0.25, -0.2) is 4.98 Å². The predicted octanol–water partition coefficient (Wildman–Crippen LogP) is 0.672. The predicted molar refractivity (Wildman–Crippen MR) is 79.9 cm³/mol. The quantitative estimate of drug-likeness (QED) is 0.834. The molecular formula is C14H23N5O2. The van der Waals surface area contributed by atoms with Crippen molar-refractivity contribution >= 4 is 17.6 Å². The Bertz CT molecular complexity index is 525. The Morgan fingerprint density at radius 1 is 1.52 bits per heavy atom. The molecular weight excluding hydrogens is 270 g/mol. The monoisotopic (exact) mass is 293 g/mol. The Kier molecular flexibility index (Phi) is 4.95. The van der Waals surface area contributed by atoms with Gasteiger partial charge in [-0.1, -0.05) is 6.92 Å². The molecule has 1 aliphatic heterocycles. The summed E-state index contributed by atoms with van der Waals surface area (Å²) >= 11 is 0. The third-order valence-corrected chi connectivity index (χ3v) is 3.77. The molecule has 0 bridgehead atoms. The van der Waals surface area contributed by atoms with Crippen LogP contribution in [0.4, 0.5) is 5.82 Å². The Morgan fingerprint density at radius 2 is 2.29 bits per heavy atom. The maximum Gasteiger partial charge on any atom is 0.271 e. The average Bonchev–Trinajstić information content (AvgIpc) is 2.82. The number of aryl methyl sites for hydroxylation is 1. The van der Waals surface area contributed by atoms with Crippen molar-refractivity contribution in [3.8, 4) is 0 Å². The standard InChI is InChI=1S/C14H23N5O2/c1-3-6-19-9-16-11(12(15)20)13(19)17-14(21)10-5-4-7-18(2)8-10/h9-10H,3-8H2,1-2H3,(H2,15,20)(H,17,21). The van der Waals surface area contributed by atoms with E-state index in [4.69, 9.17) is 5.73 Å². The van der Waals surface area contributed by atoms with Crippen LogP contribution >= 0.6 is 0 Å². The highest BCUT2D eigenvalue weighted by molar-refractivity contribution is 6.01. The van der Waals surface area contributed by atoms with Crippen LogP contribution in [0.2, 0.25) is 0 Å². The van der Waals surface area contributed by atoms with E-state index in [1.165, 1.54) is 0 Å². The van der Waals surface area contributed by atoms with E-state index < -0.39 is 5.91 Å². The molecule has 0 aliphatic carbocycles. The Labute approximate surface area is 124 Å². The molecule has 0 aromatic carbocycles. The van der Waals surface area contributed by atoms with Crippen molar-refractivity contribution in [2.45, 2.75) is 32.7 Å². The lowest BCUT2D eigenvalue weighted by Crippen LogP contribution is -2.39. The smallest absolute Gasteiger partial charge is 0.271 e. The fraction of sp³-hybridized carbons (Fsp3) is 0.643. The van der Waals surface area contributed by atoms with Crippen molar-refractivity contribution in [2.75, 3.05) is 25.5 Å². The number of piperidine rings is 1. The van der Waals surface area contributed by atoms with Gasteiger partial charge in [0.25, 0.3) is 5.91 Å². The van der Waals surface area contributed by atoms with Gasteiger partial charge in [0.2, 0.25) is 5.91 Å². The van der Waals surface area contributed by atoms with Crippen LogP contribution in [0, 0.1) is 5.92 Å². The van der Waals surface area contributed by atoms with Gasteiger partial charge in [0, 0.05) is 13.1 Å². The summed E-state index contributed by atoms with van der Waals surface area (Å²) in [4.78, 5) is 30.0. The topological polar surface area (TPSA) is 93.2 Å². The molecule has 1 atom stereocenters. The van der Waals surface area contributed by atoms with Crippen LogP contribution in [0.15, 0.2) is 6.33 Å². The van der Waals surface area contributed by atoms with Crippen LogP contribution in [0.5, 0.6) is 0 Å². The summed E-state index contributed by atoms with van der Waals surface area (Å²) in [7, 11) is 2.01. The maximum atomic E-state index is 12.4. The van der Waals surface area contributed by atoms with Crippen LogP contribution < -0.4 is 11.1 Å². The first kappa shape index (κ1) is 15.5. The SMILES string of the molecule is CCCn1cnc(C(N)=O)c1NC(=O)C1CCCN(C)C1. The zero-order chi connectivity index (χ0) is 15.4. The van der Waals surface area contributed by atoms with E-state index in [-0.39, 0.29) is 17.5 Å². The number of anilines is 1. The zero-order valence-electron chi connectivity index (χ0n) is 12.6. The van der Waals surface area contributed by atoms with Gasteiger partial charge >= 0.3 is 0 Å². The van der Waals surface area contributed by atoms with Crippen LogP contribution in [-0.2, 0) is 11.3 Å². The van der Waals surface area contributed by atoms with E-state index in [2.05, 4.69) is 15.2 Å². The van der Waals surface area contributed by atoms with Crippen LogP contribution in [0.25, 0.3) is 0 Å². The summed E-state index contributed by atoms with van der Waals surface area (Å²) < 4.78 is 1.77. The minimum atomic E-state index is -0.624. The van der Waals surface area contributed by atoms with Crippen LogP contribution in [0.3, 0.4) is 0 Å². The summed E-state index contributed by atoms with van der Waals surface area (Å²) in [6.07, 6.45) is 4.30. The minimum Gasteiger partial charge on any atom is -0.364 e. The normalized spacial score (nSPS) is 19.4. The second-order valence-electron chi connectivity index (χ2n) is 5.59. The molecule has 21 heavy (non-hydrogen) atoms. The molecule has 0 spiro atoms. The number of nitrogens with two attached hydrogens (primary N) is 1. The molecule has 0 saturated carbocycles. The average molecular weight is 293 g/mol. The Hall–Kier alpha value is -1.89. The van der Waals surface area contributed by atoms with Gasteiger partial charge in [-0.15, -0.1) is 0 Å². The zero-order valence-corrected chi connectivity index (χ0v) is 12.6. The molecule has 1 saturated heterocycles. The largest absolute Gasteiger partial charge is 0.364 e. The number of amides is 2. The van der Waals surface area contributed by atoms with E-state index in [9.17, 15) is 9.59 Å². The molecule has 2 heterocycles. The van der Waals surface area contributed by atoms with Gasteiger partial charge in [-0.3, -0.25) is 9.59 Å². The third-order valence-electron chi connectivity index (χ3n) is 3.77. The lowest BCUT2D eigenvalue weighted by molar-refractivity contribution is -0.121. The fourth-order valence-electron chi connectivity index (χ4n) is 2.70. The number of aromatic nitrogens is 2. The first-order valence-corrected chi connectivity index (χ1v) is 7.37. The molecule has 1 aromatic heterocycles. The number of hydrogen-bond acceptors (Lipinski definition) is 4. The number of likely N-dealkylation sites (tertiary alicyclic amines) is 1. The van der Waals surface area contributed by atoms with Gasteiger partial charge in [0.15, 0.2) is 5.69 Å². The lowest BCUT2D eigenvalue weighted by Gasteiger charge is -2.28. The van der Waals surface area contributed by atoms with Crippen molar-refractivity contribution in [1.82, 2.24) is 14.5 Å². The molecule has 1 unspecified atom stereocenters. The molecule has 1 aliphatic rings. The number of primary amides is 1. The number of carbonyl (C=O) groups excluding carboxylic acids is 2. The Balaban J connectivity index is 2.15. The first-order chi connectivity index (χ1) is 10.0. The number of nitrogens with one attached hydrogen (secondary N) is 1. The van der Waals surface area contributed by atoms with E-state index >= 15 is 0 Å². The van der Waals surface area contributed by atoms with Crippen LogP contribution in [0.1, 0.15) is 36.7 Å². The van der Waals surface area contributed by atoms with Crippen molar-refractivity contribution in [3.63, 3.8) is 0 Å². The molecule has 2 rings (SSSR count). The summed E-state index contributed by atoms with van der Waals surface area (Å²) in [6.45, 7) is 4.45. The van der Waals surface area contributed by atoms with E-state index in [0.717, 1.165) is 32.4 Å². The highest BCUT2D eigenvalue weighted by atomic mass is 16.2. The van der Waals surface area contributed by atoms with Gasteiger partial charge < -0.3 is 20.5 Å². The molecule has 3 N–H and O–H groups in total. The van der Waals surface area contributed by atoms with Gasteiger partial charge in [0.1, 0.15) is 5.82 Å². The summed E-state index contributed by atoms with van der Waals surface area (Å²) in [6, 6.07) is 0. The number of rotatable bonds is 5. The summed E-state index contributed by atoms with van der Waals surface area (Å²) in [5, 5.41) is 2.85. The lowest BCUT2D eigenvalue weighted by atomic mass is 9.97. The van der Waals surface area contributed by atoms with Crippen molar-refractivity contribution < 1.29 is 9.59 Å². The fourth-order valence-corrected chi connectivity index (χ4v) is 2.70. The molecule has 1 fully saturated rings. The number of nitrogens with zero attached hydrogens (tertiary/aromatic N) is 3. The van der Waals surface area contributed by atoms with Crippen molar-refractivity contribution in [3.05, 3.63) is 12.0 Å². The number of carbonyl (C=O) groups is 2. The number of hydrogen-bond donors (Lipinski definition) is 2. The second-order valence-corrected chi connectivity index (χ2v) is 5.59. The maximum absolute atomic E-state index is 12.4. The van der Waals surface area contributed by atoms with E-state index in [1.807, 2.05) is 14.0 Å². The second kappa shape index (κ2) is 6.71. The molecule has 2 amide bonds. The number of imidazole rings is 1. The van der Waals surface area contributed by atoms with E-state index in [1.54, 1.807) is 10.9 Å². The van der Waals surface area contributed by atoms with Crippen LogP contribution in [-0.4, -0.2) is 46.4 Å². The molecule has 1 aromatic rings. The molecule has 7 heteroatoms. The highest BCUT2D eigenvalue weighted by Gasteiger charge is 2.26. The minimum absolute atomic E-state index is 0.0607. The van der Waals surface area contributed by atoms with Crippen molar-refractivity contribution in [1.29, 1.82) is 0 Å². The van der Waals surface area contributed by atoms with Gasteiger partial charge in [-0.2, -0.15) is 0 Å². The summed E-state index contributed by atoms with van der Waals surface area (Å²) in [5.41, 5.74) is 5.45.